The predicted octanol–water partition coefficient (Wildman–Crippen LogP) is 1.24. The van der Waals surface area contributed by atoms with Crippen molar-refractivity contribution in [3.05, 3.63) is 40.8 Å². The molecule has 0 atom stereocenters. The van der Waals surface area contributed by atoms with Crippen molar-refractivity contribution in [3.8, 4) is 5.69 Å². The van der Waals surface area contributed by atoms with Crippen LogP contribution in [0.25, 0.3) is 5.69 Å². The van der Waals surface area contributed by atoms with Crippen molar-refractivity contribution in [1.82, 2.24) is 19.7 Å². The molecule has 0 saturated carbocycles. The smallest absolute Gasteiger partial charge is 0.268 e. The third kappa shape index (κ3) is 2.08. The molecule has 2 aromatic rings. The van der Waals surface area contributed by atoms with Crippen LogP contribution in [-0.4, -0.2) is 19.7 Å². The average Bonchev–Trinajstić information content (AvgIpc) is 2.64. The maximum atomic E-state index is 12.6. The molecule has 0 aliphatic heterocycles. The van der Waals surface area contributed by atoms with E-state index in [1.165, 1.54) is 16.9 Å². The van der Waals surface area contributed by atoms with Crippen LogP contribution in [-0.2, 0) is 5.38 Å². The topological polar surface area (TPSA) is 63.6 Å². The Morgan fingerprint density at radius 1 is 1.38 bits per heavy atom. The minimum atomic E-state index is -3.59. The highest BCUT2D eigenvalue weighted by Crippen LogP contribution is 2.28. The Labute approximate surface area is 92.7 Å². The van der Waals surface area contributed by atoms with Crippen LogP contribution in [0.15, 0.2) is 29.5 Å². The lowest BCUT2D eigenvalue weighted by Crippen LogP contribution is -2.11. The maximum Gasteiger partial charge on any atom is 0.381 e. The zero-order valence-electron chi connectivity index (χ0n) is 7.69. The zero-order valence-corrected chi connectivity index (χ0v) is 8.45. The van der Waals surface area contributed by atoms with Crippen molar-refractivity contribution in [1.29, 1.82) is 0 Å². The van der Waals surface area contributed by atoms with Crippen molar-refractivity contribution in [2.75, 3.05) is 0 Å². The number of nitrogens with one attached hydrogen (secondary N) is 1. The Hall–Kier alpha value is -1.76. The SMILES string of the molecule is O=c1ccn(-c2cnc(C(F)(F)Cl)nc2)[nH]1. The largest absolute Gasteiger partial charge is 0.381 e. The van der Waals surface area contributed by atoms with Crippen LogP contribution in [0.1, 0.15) is 5.82 Å². The van der Waals surface area contributed by atoms with E-state index in [2.05, 4.69) is 15.1 Å². The molecule has 0 fully saturated rings. The van der Waals surface area contributed by atoms with E-state index in [0.717, 1.165) is 12.4 Å². The van der Waals surface area contributed by atoms with Gasteiger partial charge in [-0.3, -0.25) is 14.6 Å². The third-order valence-corrected chi connectivity index (χ3v) is 1.94. The molecule has 8 heteroatoms. The molecule has 0 unspecified atom stereocenters. The van der Waals surface area contributed by atoms with Gasteiger partial charge in [-0.25, -0.2) is 9.97 Å². The molecular formula is C8H5ClF2N4O. The Bertz CT molecular complexity index is 542. The summed E-state index contributed by atoms with van der Waals surface area (Å²) in [6.07, 6.45) is 3.70. The van der Waals surface area contributed by atoms with E-state index in [1.807, 2.05) is 0 Å². The van der Waals surface area contributed by atoms with E-state index in [4.69, 9.17) is 11.6 Å². The first-order valence-electron chi connectivity index (χ1n) is 4.14. The van der Waals surface area contributed by atoms with Crippen LogP contribution < -0.4 is 5.56 Å². The van der Waals surface area contributed by atoms with Gasteiger partial charge in [0.1, 0.15) is 0 Å². The number of hydrogen-bond acceptors (Lipinski definition) is 3. The highest BCUT2D eigenvalue weighted by atomic mass is 35.5. The van der Waals surface area contributed by atoms with E-state index in [-0.39, 0.29) is 5.56 Å². The Morgan fingerprint density at radius 3 is 2.44 bits per heavy atom. The summed E-state index contributed by atoms with van der Waals surface area (Å²) in [6.45, 7) is 0. The number of aromatic nitrogens is 4. The number of H-pyrrole nitrogens is 1. The van der Waals surface area contributed by atoms with Crippen LogP contribution in [0.5, 0.6) is 0 Å². The van der Waals surface area contributed by atoms with E-state index in [0.29, 0.717) is 5.69 Å². The molecule has 84 valence electrons. The minimum absolute atomic E-state index is 0.313. The summed E-state index contributed by atoms with van der Waals surface area (Å²) in [6, 6.07) is 1.28. The molecule has 5 nitrogen and oxygen atoms in total. The third-order valence-electron chi connectivity index (χ3n) is 1.78. The molecule has 2 aromatic heterocycles. The highest BCUT2D eigenvalue weighted by Gasteiger charge is 2.31. The molecule has 0 aliphatic carbocycles. The molecule has 0 amide bonds. The summed E-state index contributed by atoms with van der Waals surface area (Å²) in [5.41, 5.74) is 0.0403. The molecule has 2 rings (SSSR count). The van der Waals surface area contributed by atoms with Crippen molar-refractivity contribution in [3.63, 3.8) is 0 Å². The van der Waals surface area contributed by atoms with E-state index in [9.17, 15) is 13.6 Å². The normalized spacial score (nSPS) is 11.7. The fourth-order valence-corrected chi connectivity index (χ4v) is 1.18. The summed E-state index contributed by atoms with van der Waals surface area (Å²) in [5.74, 6) is -0.785. The van der Waals surface area contributed by atoms with Crippen molar-refractivity contribution in [2.24, 2.45) is 0 Å². The molecule has 0 saturated heterocycles. The van der Waals surface area contributed by atoms with E-state index < -0.39 is 11.2 Å². The molecule has 16 heavy (non-hydrogen) atoms. The van der Waals surface area contributed by atoms with E-state index in [1.54, 1.807) is 0 Å². The molecule has 0 aliphatic rings. The Morgan fingerprint density at radius 2 is 2.00 bits per heavy atom. The second kappa shape index (κ2) is 3.67. The van der Waals surface area contributed by atoms with Gasteiger partial charge in [0.25, 0.3) is 5.56 Å². The molecular weight excluding hydrogens is 242 g/mol. The van der Waals surface area contributed by atoms with Gasteiger partial charge in [0.15, 0.2) is 0 Å². The molecule has 0 spiro atoms. The Balaban J connectivity index is 2.36. The second-order valence-electron chi connectivity index (χ2n) is 2.92. The van der Waals surface area contributed by atoms with Crippen LogP contribution in [0.4, 0.5) is 8.78 Å². The van der Waals surface area contributed by atoms with Gasteiger partial charge in [0.05, 0.1) is 18.1 Å². The molecule has 0 radical (unpaired) electrons. The minimum Gasteiger partial charge on any atom is -0.268 e. The van der Waals surface area contributed by atoms with E-state index >= 15 is 0 Å². The van der Waals surface area contributed by atoms with Gasteiger partial charge in [-0.2, -0.15) is 8.78 Å². The number of rotatable bonds is 2. The Kier molecular flexibility index (Phi) is 2.47. The quantitative estimate of drug-likeness (QED) is 0.811. The first kappa shape index (κ1) is 10.7. The molecule has 0 bridgehead atoms. The number of alkyl halides is 3. The monoisotopic (exact) mass is 246 g/mol. The summed E-state index contributed by atoms with van der Waals surface area (Å²) >= 11 is 4.74. The first-order chi connectivity index (χ1) is 7.47. The van der Waals surface area contributed by atoms with Gasteiger partial charge in [0.2, 0.25) is 5.82 Å². The lowest BCUT2D eigenvalue weighted by atomic mass is 10.5. The predicted molar refractivity (Wildman–Crippen MR) is 51.7 cm³/mol. The summed E-state index contributed by atoms with van der Waals surface area (Å²) in [5, 5.41) is -1.18. The lowest BCUT2D eigenvalue weighted by Gasteiger charge is -2.06. The second-order valence-corrected chi connectivity index (χ2v) is 3.40. The standard InChI is InChI=1S/C8H5ClF2N4O/c9-8(10,11)7-12-3-5(4-13-7)15-2-1-6(16)14-15/h1-4H,(H,14,16). The van der Waals surface area contributed by atoms with Gasteiger partial charge in [-0.05, 0) is 11.6 Å². The number of halogens is 3. The van der Waals surface area contributed by atoms with Gasteiger partial charge < -0.3 is 0 Å². The van der Waals surface area contributed by atoms with Crippen LogP contribution in [0.3, 0.4) is 0 Å². The van der Waals surface area contributed by atoms with Gasteiger partial charge >= 0.3 is 5.38 Å². The molecule has 0 aromatic carbocycles. The number of aromatic amines is 1. The van der Waals surface area contributed by atoms with Crippen LogP contribution in [0, 0.1) is 0 Å². The molecule has 2 heterocycles. The van der Waals surface area contributed by atoms with Crippen molar-refractivity contribution >= 4 is 11.6 Å². The average molecular weight is 247 g/mol. The summed E-state index contributed by atoms with van der Waals surface area (Å²) in [4.78, 5) is 17.6. The van der Waals surface area contributed by atoms with Gasteiger partial charge in [-0.15, -0.1) is 0 Å². The zero-order chi connectivity index (χ0) is 11.8. The summed E-state index contributed by atoms with van der Waals surface area (Å²) in [7, 11) is 0. The molecule has 1 N–H and O–H groups in total. The fraction of sp³-hybridized carbons (Fsp3) is 0.125. The number of nitrogens with zero attached hydrogens (tertiary/aromatic N) is 3. The lowest BCUT2D eigenvalue weighted by molar-refractivity contribution is 0.0844. The first-order valence-corrected chi connectivity index (χ1v) is 4.52. The van der Waals surface area contributed by atoms with Gasteiger partial charge in [-0.1, -0.05) is 0 Å². The summed E-state index contributed by atoms with van der Waals surface area (Å²) < 4.78 is 26.4. The van der Waals surface area contributed by atoms with Crippen molar-refractivity contribution < 1.29 is 8.78 Å². The van der Waals surface area contributed by atoms with Crippen molar-refractivity contribution in [2.45, 2.75) is 5.38 Å². The maximum absolute atomic E-state index is 12.6. The highest BCUT2D eigenvalue weighted by molar-refractivity contribution is 6.21. The van der Waals surface area contributed by atoms with Crippen LogP contribution in [0.2, 0.25) is 0 Å². The fourth-order valence-electron chi connectivity index (χ4n) is 1.08. The van der Waals surface area contributed by atoms with Crippen LogP contribution >= 0.6 is 11.6 Å². The van der Waals surface area contributed by atoms with Gasteiger partial charge in [0, 0.05) is 12.3 Å². The number of hydrogen-bond donors (Lipinski definition) is 1.